The number of anilines is 1. The highest BCUT2D eigenvalue weighted by molar-refractivity contribution is 5.72. The first-order valence-corrected chi connectivity index (χ1v) is 6.03. The number of carbonyl (C=O) groups excluding carboxylic acids is 1. The van der Waals surface area contributed by atoms with Gasteiger partial charge in [-0.25, -0.2) is 0 Å². The van der Waals surface area contributed by atoms with Crippen molar-refractivity contribution in [2.75, 3.05) is 25.1 Å². The molecule has 0 aliphatic carbocycles. The lowest BCUT2D eigenvalue weighted by Crippen LogP contribution is -2.37. The second-order valence-corrected chi connectivity index (χ2v) is 4.54. The maximum Gasteiger partial charge on any atom is 0.406 e. The number of carbonyl (C=O) groups is 1. The number of ether oxygens (including phenoxy) is 1. The molecular formula is C11H16N4O4. The molecule has 0 spiro atoms. The Balaban J connectivity index is 2.12. The van der Waals surface area contributed by atoms with Crippen LogP contribution in [0.2, 0.25) is 0 Å². The summed E-state index contributed by atoms with van der Waals surface area (Å²) in [6, 6.07) is 0. The minimum Gasteiger partial charge on any atom is -0.469 e. The van der Waals surface area contributed by atoms with Crippen molar-refractivity contribution >= 4 is 17.6 Å². The van der Waals surface area contributed by atoms with Crippen LogP contribution in [0.1, 0.15) is 12.8 Å². The van der Waals surface area contributed by atoms with Gasteiger partial charge >= 0.3 is 11.8 Å². The first-order valence-electron chi connectivity index (χ1n) is 6.03. The summed E-state index contributed by atoms with van der Waals surface area (Å²) >= 11 is 0. The number of nitrogens with zero attached hydrogens (tertiary/aromatic N) is 4. The molecule has 0 N–H and O–H groups in total. The smallest absolute Gasteiger partial charge is 0.406 e. The van der Waals surface area contributed by atoms with Crippen LogP contribution in [0.15, 0.2) is 6.33 Å². The van der Waals surface area contributed by atoms with Gasteiger partial charge in [0.25, 0.3) is 0 Å². The molecule has 8 nitrogen and oxygen atoms in total. The van der Waals surface area contributed by atoms with E-state index in [2.05, 4.69) is 4.98 Å². The zero-order chi connectivity index (χ0) is 14.0. The molecule has 0 aromatic carbocycles. The van der Waals surface area contributed by atoms with Crippen LogP contribution in [0.3, 0.4) is 0 Å². The number of piperidine rings is 1. The molecule has 0 radical (unpaired) electrons. The fraction of sp³-hybridized carbons (Fsp3) is 0.636. The number of esters is 1. The summed E-state index contributed by atoms with van der Waals surface area (Å²) in [5.41, 5.74) is 0. The molecule has 0 amide bonds. The molecule has 1 fully saturated rings. The third-order valence-corrected chi connectivity index (χ3v) is 3.39. The maximum atomic E-state index is 11.4. The molecule has 104 valence electrons. The second kappa shape index (κ2) is 5.25. The van der Waals surface area contributed by atoms with E-state index in [1.54, 1.807) is 11.6 Å². The highest BCUT2D eigenvalue weighted by Crippen LogP contribution is 2.30. The minimum atomic E-state index is -0.484. The van der Waals surface area contributed by atoms with Crippen molar-refractivity contribution < 1.29 is 14.5 Å². The zero-order valence-electron chi connectivity index (χ0n) is 10.9. The van der Waals surface area contributed by atoms with Crippen molar-refractivity contribution in [1.29, 1.82) is 0 Å². The molecule has 8 heteroatoms. The number of imidazole rings is 1. The van der Waals surface area contributed by atoms with E-state index in [0.29, 0.717) is 31.7 Å². The number of methoxy groups -OCH3 is 1. The van der Waals surface area contributed by atoms with Crippen molar-refractivity contribution in [2.45, 2.75) is 12.8 Å². The summed E-state index contributed by atoms with van der Waals surface area (Å²) in [6.45, 7) is 1.17. The van der Waals surface area contributed by atoms with E-state index in [4.69, 9.17) is 4.74 Å². The van der Waals surface area contributed by atoms with Gasteiger partial charge in [0.05, 0.1) is 13.0 Å². The predicted octanol–water partition coefficient (Wildman–Crippen LogP) is 0.718. The second-order valence-electron chi connectivity index (χ2n) is 4.54. The lowest BCUT2D eigenvalue weighted by atomic mass is 9.97. The summed E-state index contributed by atoms with van der Waals surface area (Å²) in [7, 11) is 3.10. The van der Waals surface area contributed by atoms with E-state index >= 15 is 0 Å². The average Bonchev–Trinajstić information content (AvgIpc) is 2.80. The molecule has 1 aromatic rings. The van der Waals surface area contributed by atoms with Crippen LogP contribution in [0.5, 0.6) is 0 Å². The van der Waals surface area contributed by atoms with Gasteiger partial charge in [-0.3, -0.25) is 9.36 Å². The summed E-state index contributed by atoms with van der Waals surface area (Å²) in [5, 5.41) is 10.9. The fourth-order valence-electron chi connectivity index (χ4n) is 2.40. The van der Waals surface area contributed by atoms with Crippen molar-refractivity contribution in [1.82, 2.24) is 9.55 Å². The van der Waals surface area contributed by atoms with Gasteiger partial charge in [-0.2, -0.15) is 0 Å². The van der Waals surface area contributed by atoms with Crippen LogP contribution in [0.25, 0.3) is 0 Å². The number of nitro groups is 1. The minimum absolute atomic E-state index is 0.117. The van der Waals surface area contributed by atoms with Gasteiger partial charge in [-0.05, 0) is 22.7 Å². The van der Waals surface area contributed by atoms with E-state index < -0.39 is 4.92 Å². The van der Waals surface area contributed by atoms with Crippen LogP contribution in [0, 0.1) is 16.0 Å². The largest absolute Gasteiger partial charge is 0.469 e. The molecule has 1 aliphatic rings. The Morgan fingerprint density at radius 3 is 2.68 bits per heavy atom. The van der Waals surface area contributed by atoms with Crippen LogP contribution < -0.4 is 4.90 Å². The lowest BCUT2D eigenvalue weighted by Gasteiger charge is -2.31. The Morgan fingerprint density at radius 2 is 2.16 bits per heavy atom. The zero-order valence-corrected chi connectivity index (χ0v) is 10.9. The predicted molar refractivity (Wildman–Crippen MR) is 66.8 cm³/mol. The Morgan fingerprint density at radius 1 is 1.53 bits per heavy atom. The standard InChI is InChI=1S/C11H16N4O4/c1-13-7-12-9(15(17)18)10(13)14-5-3-8(4-6-14)11(16)19-2/h7-8H,3-6H2,1-2H3. The van der Waals surface area contributed by atoms with Crippen molar-refractivity contribution in [2.24, 2.45) is 13.0 Å². The Kier molecular flexibility index (Phi) is 3.68. The van der Waals surface area contributed by atoms with E-state index in [9.17, 15) is 14.9 Å². The van der Waals surface area contributed by atoms with Crippen molar-refractivity contribution in [3.63, 3.8) is 0 Å². The van der Waals surface area contributed by atoms with E-state index in [1.165, 1.54) is 13.4 Å². The number of aromatic nitrogens is 2. The summed E-state index contributed by atoms with van der Waals surface area (Å²) in [6.07, 6.45) is 2.70. The molecule has 1 aliphatic heterocycles. The third kappa shape index (κ3) is 2.51. The molecule has 1 aromatic heterocycles. The van der Waals surface area contributed by atoms with Gasteiger partial charge in [0.1, 0.15) is 0 Å². The normalized spacial score (nSPS) is 16.4. The molecular weight excluding hydrogens is 252 g/mol. The fourth-order valence-corrected chi connectivity index (χ4v) is 2.40. The van der Waals surface area contributed by atoms with Crippen LogP contribution in [-0.4, -0.2) is 40.6 Å². The van der Waals surface area contributed by atoms with Gasteiger partial charge in [0, 0.05) is 20.1 Å². The molecule has 0 bridgehead atoms. The molecule has 2 heterocycles. The van der Waals surface area contributed by atoms with Crippen molar-refractivity contribution in [3.05, 3.63) is 16.4 Å². The van der Waals surface area contributed by atoms with Crippen LogP contribution in [-0.2, 0) is 16.6 Å². The van der Waals surface area contributed by atoms with Gasteiger partial charge < -0.3 is 19.8 Å². The molecule has 0 saturated carbocycles. The lowest BCUT2D eigenvalue weighted by molar-refractivity contribution is -0.388. The number of aryl methyl sites for hydroxylation is 1. The quantitative estimate of drug-likeness (QED) is 0.455. The van der Waals surface area contributed by atoms with E-state index in [-0.39, 0.29) is 17.7 Å². The Labute approximate surface area is 110 Å². The SMILES string of the molecule is COC(=O)C1CCN(c2c([N+](=O)[O-])ncn2C)CC1. The maximum absolute atomic E-state index is 11.4. The van der Waals surface area contributed by atoms with E-state index in [0.717, 1.165) is 0 Å². The monoisotopic (exact) mass is 268 g/mol. The van der Waals surface area contributed by atoms with Gasteiger partial charge in [-0.1, -0.05) is 0 Å². The highest BCUT2D eigenvalue weighted by atomic mass is 16.6. The molecule has 1 saturated heterocycles. The van der Waals surface area contributed by atoms with Gasteiger partial charge in [0.2, 0.25) is 12.1 Å². The number of hydrogen-bond donors (Lipinski definition) is 0. The Hall–Kier alpha value is -2.12. The molecule has 19 heavy (non-hydrogen) atoms. The number of rotatable bonds is 3. The topological polar surface area (TPSA) is 90.5 Å². The highest BCUT2D eigenvalue weighted by Gasteiger charge is 2.31. The third-order valence-electron chi connectivity index (χ3n) is 3.39. The van der Waals surface area contributed by atoms with Crippen LogP contribution >= 0.6 is 0 Å². The van der Waals surface area contributed by atoms with Gasteiger partial charge in [-0.15, -0.1) is 0 Å². The van der Waals surface area contributed by atoms with Crippen molar-refractivity contribution in [3.8, 4) is 0 Å². The number of hydrogen-bond acceptors (Lipinski definition) is 6. The van der Waals surface area contributed by atoms with Crippen LogP contribution in [0.4, 0.5) is 11.6 Å². The average molecular weight is 268 g/mol. The first kappa shape index (κ1) is 13.3. The summed E-state index contributed by atoms with van der Waals surface area (Å²) in [5.74, 6) is 0.0278. The molecule has 2 rings (SSSR count). The first-order chi connectivity index (χ1) is 9.04. The molecule has 0 atom stereocenters. The molecule has 0 unspecified atom stereocenters. The summed E-state index contributed by atoms with van der Waals surface area (Å²) in [4.78, 5) is 27.6. The van der Waals surface area contributed by atoms with Gasteiger partial charge in [0.15, 0.2) is 0 Å². The van der Waals surface area contributed by atoms with E-state index in [1.807, 2.05) is 4.90 Å². The summed E-state index contributed by atoms with van der Waals surface area (Å²) < 4.78 is 6.35. The Bertz CT molecular complexity index is 491.